The van der Waals surface area contributed by atoms with Crippen molar-refractivity contribution in [3.8, 4) is 5.75 Å². The largest absolute Gasteiger partial charge is 0.494 e. The van der Waals surface area contributed by atoms with Gasteiger partial charge < -0.3 is 9.15 Å². The van der Waals surface area contributed by atoms with Crippen molar-refractivity contribution in [1.29, 1.82) is 0 Å². The molecular formula is C26H20ClNO4. The predicted molar refractivity (Wildman–Crippen MR) is 125 cm³/mol. The summed E-state index contributed by atoms with van der Waals surface area (Å²) >= 11 is 6.23. The van der Waals surface area contributed by atoms with Crippen molar-refractivity contribution >= 4 is 34.2 Å². The lowest BCUT2D eigenvalue weighted by atomic mass is 9.97. The molecule has 2 heterocycles. The zero-order valence-corrected chi connectivity index (χ0v) is 18.3. The maximum absolute atomic E-state index is 13.7. The molecule has 0 saturated carbocycles. The highest BCUT2D eigenvalue weighted by molar-refractivity contribution is 6.31. The molecule has 0 aliphatic carbocycles. The Balaban J connectivity index is 1.80. The molecule has 0 fully saturated rings. The van der Waals surface area contributed by atoms with Crippen LogP contribution in [0.5, 0.6) is 5.75 Å². The molecule has 1 aliphatic rings. The molecule has 32 heavy (non-hydrogen) atoms. The molecule has 0 saturated heterocycles. The van der Waals surface area contributed by atoms with Crippen molar-refractivity contribution in [1.82, 2.24) is 0 Å². The van der Waals surface area contributed by atoms with Gasteiger partial charge >= 0.3 is 0 Å². The summed E-state index contributed by atoms with van der Waals surface area (Å²) in [6.07, 6.45) is 0. The Morgan fingerprint density at radius 1 is 1.03 bits per heavy atom. The minimum absolute atomic E-state index is 0.0538. The molecule has 6 heteroatoms. The van der Waals surface area contributed by atoms with E-state index in [-0.39, 0.29) is 17.1 Å². The normalized spacial score (nSPS) is 15.3. The van der Waals surface area contributed by atoms with Crippen LogP contribution >= 0.6 is 11.6 Å². The highest BCUT2D eigenvalue weighted by Gasteiger charge is 2.43. The lowest BCUT2D eigenvalue weighted by Gasteiger charge is -2.25. The van der Waals surface area contributed by atoms with Crippen molar-refractivity contribution in [2.45, 2.75) is 19.9 Å². The van der Waals surface area contributed by atoms with E-state index in [1.807, 2.05) is 44.2 Å². The van der Waals surface area contributed by atoms with Crippen LogP contribution in [0.3, 0.4) is 0 Å². The molecule has 1 amide bonds. The lowest BCUT2D eigenvalue weighted by Crippen LogP contribution is -2.29. The first-order valence-corrected chi connectivity index (χ1v) is 10.7. The summed E-state index contributed by atoms with van der Waals surface area (Å²) in [6.45, 7) is 4.33. The second-order valence-electron chi connectivity index (χ2n) is 7.74. The van der Waals surface area contributed by atoms with Gasteiger partial charge in [0, 0.05) is 10.7 Å². The van der Waals surface area contributed by atoms with Crippen LogP contribution in [0.2, 0.25) is 5.02 Å². The van der Waals surface area contributed by atoms with Gasteiger partial charge in [-0.15, -0.1) is 0 Å². The smallest absolute Gasteiger partial charge is 0.295 e. The van der Waals surface area contributed by atoms with Gasteiger partial charge in [0.15, 0.2) is 5.43 Å². The number of amides is 1. The number of ether oxygens (including phenoxy) is 1. The van der Waals surface area contributed by atoms with Crippen LogP contribution in [0.1, 0.15) is 40.2 Å². The predicted octanol–water partition coefficient (Wildman–Crippen LogP) is 5.90. The van der Waals surface area contributed by atoms with Gasteiger partial charge in [-0.3, -0.25) is 14.5 Å². The second kappa shape index (κ2) is 7.84. The number of nitrogens with zero attached hydrogens (tertiary/aromatic N) is 1. The number of carbonyl (C=O) groups excluding carboxylic acids is 1. The van der Waals surface area contributed by atoms with Gasteiger partial charge in [-0.1, -0.05) is 41.4 Å². The summed E-state index contributed by atoms with van der Waals surface area (Å²) in [4.78, 5) is 28.8. The van der Waals surface area contributed by atoms with Crippen molar-refractivity contribution < 1.29 is 13.9 Å². The number of carbonyl (C=O) groups is 1. The van der Waals surface area contributed by atoms with E-state index < -0.39 is 6.04 Å². The van der Waals surface area contributed by atoms with Crippen LogP contribution in [0.25, 0.3) is 11.0 Å². The second-order valence-corrected chi connectivity index (χ2v) is 8.17. The van der Waals surface area contributed by atoms with E-state index in [4.69, 9.17) is 20.8 Å². The molecule has 0 bridgehead atoms. The first-order valence-electron chi connectivity index (χ1n) is 10.4. The van der Waals surface area contributed by atoms with Crippen LogP contribution in [0, 0.1) is 6.92 Å². The average molecular weight is 446 g/mol. The molecule has 1 unspecified atom stereocenters. The Hall–Kier alpha value is -3.57. The first-order chi connectivity index (χ1) is 15.5. The monoisotopic (exact) mass is 445 g/mol. The summed E-state index contributed by atoms with van der Waals surface area (Å²) in [5.74, 6) is 0.338. The van der Waals surface area contributed by atoms with Gasteiger partial charge in [0.2, 0.25) is 5.76 Å². The third-order valence-electron chi connectivity index (χ3n) is 5.60. The molecule has 4 aromatic rings. The van der Waals surface area contributed by atoms with E-state index in [9.17, 15) is 9.59 Å². The Bertz CT molecular complexity index is 1430. The number of anilines is 1. The fourth-order valence-corrected chi connectivity index (χ4v) is 4.42. The summed E-state index contributed by atoms with van der Waals surface area (Å²) in [5, 5.41) is 0.948. The molecule has 1 atom stereocenters. The third kappa shape index (κ3) is 3.26. The van der Waals surface area contributed by atoms with Crippen LogP contribution in [-0.2, 0) is 0 Å². The zero-order chi connectivity index (χ0) is 22.4. The zero-order valence-electron chi connectivity index (χ0n) is 17.6. The summed E-state index contributed by atoms with van der Waals surface area (Å²) in [7, 11) is 0. The fourth-order valence-electron chi connectivity index (χ4n) is 4.24. The number of hydrogen-bond acceptors (Lipinski definition) is 4. The molecular weight excluding hydrogens is 426 g/mol. The van der Waals surface area contributed by atoms with Gasteiger partial charge in [0.1, 0.15) is 11.3 Å². The van der Waals surface area contributed by atoms with E-state index >= 15 is 0 Å². The Morgan fingerprint density at radius 2 is 1.84 bits per heavy atom. The maximum Gasteiger partial charge on any atom is 0.295 e. The molecule has 5 rings (SSSR count). The van der Waals surface area contributed by atoms with E-state index in [1.54, 1.807) is 41.3 Å². The van der Waals surface area contributed by atoms with Crippen LogP contribution in [0.15, 0.2) is 75.9 Å². The number of benzene rings is 3. The molecule has 1 aliphatic heterocycles. The van der Waals surface area contributed by atoms with Crippen LogP contribution in [0.4, 0.5) is 5.69 Å². The summed E-state index contributed by atoms with van der Waals surface area (Å²) in [6, 6.07) is 19.2. The van der Waals surface area contributed by atoms with Gasteiger partial charge in [-0.25, -0.2) is 0 Å². The minimum Gasteiger partial charge on any atom is -0.494 e. The van der Waals surface area contributed by atoms with Gasteiger partial charge in [-0.2, -0.15) is 0 Å². The highest BCUT2D eigenvalue weighted by atomic mass is 35.5. The van der Waals surface area contributed by atoms with Crippen molar-refractivity contribution in [2.24, 2.45) is 0 Å². The van der Waals surface area contributed by atoms with E-state index in [1.165, 1.54) is 0 Å². The molecule has 1 aromatic heterocycles. The highest BCUT2D eigenvalue weighted by Crippen LogP contribution is 2.42. The third-order valence-corrected chi connectivity index (χ3v) is 5.83. The van der Waals surface area contributed by atoms with E-state index in [2.05, 4.69) is 0 Å². The molecule has 0 spiro atoms. The maximum atomic E-state index is 13.7. The number of aryl methyl sites for hydroxylation is 1. The fraction of sp³-hybridized carbons (Fsp3) is 0.154. The molecule has 160 valence electrons. The standard InChI is InChI=1S/C26H20ClNO4/c1-3-31-19-9-4-6-16(13-19)23-22-24(29)20-12-15(2)10-11-21(20)32-25(22)26(30)28(23)18-8-5-7-17(27)14-18/h4-14,23H,3H2,1-2H3. The van der Waals surface area contributed by atoms with Gasteiger partial charge in [0.25, 0.3) is 5.91 Å². The van der Waals surface area contributed by atoms with Gasteiger partial charge in [0.05, 0.1) is 23.6 Å². The van der Waals surface area contributed by atoms with Crippen LogP contribution < -0.4 is 15.1 Å². The number of rotatable bonds is 4. The SMILES string of the molecule is CCOc1cccc(C2c3c(oc4ccc(C)cc4c3=O)C(=O)N2c2cccc(Cl)c2)c1. The molecule has 0 N–H and O–H groups in total. The van der Waals surface area contributed by atoms with Crippen LogP contribution in [-0.4, -0.2) is 12.5 Å². The van der Waals surface area contributed by atoms with E-state index in [0.717, 1.165) is 11.1 Å². The lowest BCUT2D eigenvalue weighted by molar-refractivity contribution is 0.0971. The summed E-state index contributed by atoms with van der Waals surface area (Å²) in [5.41, 5.74) is 2.78. The molecule has 3 aromatic carbocycles. The molecule has 5 nitrogen and oxygen atoms in total. The Kier molecular flexibility index (Phi) is 4.98. The number of fused-ring (bicyclic) bond motifs is 2. The topological polar surface area (TPSA) is 59.8 Å². The quantitative estimate of drug-likeness (QED) is 0.392. The van der Waals surface area contributed by atoms with Gasteiger partial charge in [-0.05, 0) is 61.9 Å². The van der Waals surface area contributed by atoms with Crippen molar-refractivity contribution in [3.63, 3.8) is 0 Å². The minimum atomic E-state index is -0.669. The number of halogens is 1. The first kappa shape index (κ1) is 20.3. The average Bonchev–Trinajstić information content (AvgIpc) is 3.07. The summed E-state index contributed by atoms with van der Waals surface area (Å²) < 4.78 is 11.7. The Morgan fingerprint density at radius 3 is 2.62 bits per heavy atom. The Labute approximate surface area is 189 Å². The van der Waals surface area contributed by atoms with Crippen molar-refractivity contribution in [3.05, 3.63) is 104 Å². The molecule has 0 radical (unpaired) electrons. The van der Waals surface area contributed by atoms with Crippen molar-refractivity contribution in [2.75, 3.05) is 11.5 Å². The number of hydrogen-bond donors (Lipinski definition) is 0. The van der Waals surface area contributed by atoms with E-state index in [0.29, 0.717) is 39.6 Å².